The minimum absolute atomic E-state index is 0.118. The fourth-order valence-electron chi connectivity index (χ4n) is 2.79. The summed E-state index contributed by atoms with van der Waals surface area (Å²) in [4.78, 5) is 35.9. The van der Waals surface area contributed by atoms with Crippen molar-refractivity contribution in [2.24, 2.45) is 5.10 Å². The molecule has 0 fully saturated rings. The fraction of sp³-hybridized carbons (Fsp3) is 0.120. The van der Waals surface area contributed by atoms with E-state index in [4.69, 9.17) is 9.47 Å². The van der Waals surface area contributed by atoms with Crippen molar-refractivity contribution in [3.63, 3.8) is 0 Å². The molecule has 0 saturated carbocycles. The highest BCUT2D eigenvalue weighted by atomic mass is 19.1. The van der Waals surface area contributed by atoms with Gasteiger partial charge in [-0.3, -0.25) is 14.4 Å². The largest absolute Gasteiger partial charge is 0.494 e. The van der Waals surface area contributed by atoms with E-state index < -0.39 is 17.6 Å². The van der Waals surface area contributed by atoms with Crippen LogP contribution in [0.2, 0.25) is 0 Å². The number of carbonyl (C=O) groups is 3. The molecule has 3 amide bonds. The molecule has 0 atom stereocenters. The molecule has 3 N–H and O–H groups in total. The molecule has 0 spiro atoms. The molecule has 9 nitrogen and oxygen atoms in total. The average molecular weight is 478 g/mol. The van der Waals surface area contributed by atoms with Crippen LogP contribution in [0.4, 0.5) is 15.8 Å². The predicted molar refractivity (Wildman–Crippen MR) is 129 cm³/mol. The molecule has 0 heterocycles. The smallest absolute Gasteiger partial charge is 0.329 e. The number of nitrogens with zero attached hydrogens (tertiary/aromatic N) is 1. The summed E-state index contributed by atoms with van der Waals surface area (Å²) in [5, 5.41) is 8.59. The Morgan fingerprint density at radius 3 is 2.40 bits per heavy atom. The summed E-state index contributed by atoms with van der Waals surface area (Å²) in [5.41, 5.74) is 3.10. The second-order valence-corrected chi connectivity index (χ2v) is 7.00. The highest BCUT2D eigenvalue weighted by Gasteiger charge is 2.14. The van der Waals surface area contributed by atoms with Crippen LogP contribution in [0, 0.1) is 5.82 Å². The lowest BCUT2D eigenvalue weighted by molar-refractivity contribution is -0.136. The molecule has 0 aliphatic rings. The van der Waals surface area contributed by atoms with Crippen molar-refractivity contribution in [1.29, 1.82) is 0 Å². The van der Waals surface area contributed by atoms with Crippen molar-refractivity contribution in [1.82, 2.24) is 5.43 Å². The lowest BCUT2D eigenvalue weighted by atomic mass is 10.2. The third-order valence-electron chi connectivity index (χ3n) is 4.39. The standard InChI is InChI=1S/C25H23FN4O5/c1-2-34-19-12-10-18(11-13-19)28-23(31)16-35-20-7-5-6-17(14-20)15-27-30-25(33)24(32)29-22-9-4-3-8-21(22)26/h3-15H,2,16H2,1H3,(H,28,31)(H,29,32)(H,30,33)/b27-15-. The van der Waals surface area contributed by atoms with Crippen LogP contribution in [0.15, 0.2) is 77.9 Å². The molecule has 0 aliphatic carbocycles. The van der Waals surface area contributed by atoms with E-state index in [9.17, 15) is 18.8 Å². The Morgan fingerprint density at radius 1 is 0.886 bits per heavy atom. The van der Waals surface area contributed by atoms with E-state index in [0.717, 1.165) is 6.07 Å². The zero-order valence-electron chi connectivity index (χ0n) is 18.8. The molecule has 0 unspecified atom stereocenters. The van der Waals surface area contributed by atoms with E-state index in [1.54, 1.807) is 48.5 Å². The van der Waals surface area contributed by atoms with Gasteiger partial charge in [0.1, 0.15) is 17.3 Å². The Bertz CT molecular complexity index is 1210. The SMILES string of the molecule is CCOc1ccc(NC(=O)COc2cccc(/C=N\NC(=O)C(=O)Nc3ccccc3F)c2)cc1. The van der Waals surface area contributed by atoms with Gasteiger partial charge in [-0.25, -0.2) is 9.82 Å². The first-order valence-electron chi connectivity index (χ1n) is 10.6. The number of rotatable bonds is 9. The Morgan fingerprint density at radius 2 is 1.66 bits per heavy atom. The maximum atomic E-state index is 13.6. The Hall–Kier alpha value is -4.73. The van der Waals surface area contributed by atoms with Crippen molar-refractivity contribution in [2.45, 2.75) is 6.92 Å². The molecule has 10 heteroatoms. The molecule has 0 bridgehead atoms. The number of nitrogens with one attached hydrogen (secondary N) is 3. The zero-order chi connectivity index (χ0) is 25.0. The van der Waals surface area contributed by atoms with E-state index in [-0.39, 0.29) is 18.2 Å². The van der Waals surface area contributed by atoms with Gasteiger partial charge in [-0.2, -0.15) is 5.10 Å². The molecule has 35 heavy (non-hydrogen) atoms. The van der Waals surface area contributed by atoms with Crippen LogP contribution in [0.25, 0.3) is 0 Å². The topological polar surface area (TPSA) is 118 Å². The van der Waals surface area contributed by atoms with Crippen LogP contribution < -0.4 is 25.5 Å². The highest BCUT2D eigenvalue weighted by Crippen LogP contribution is 2.16. The molecular formula is C25H23FN4O5. The summed E-state index contributed by atoms with van der Waals surface area (Å²) in [5.74, 6) is -2.03. The number of ether oxygens (including phenoxy) is 2. The van der Waals surface area contributed by atoms with E-state index in [0.29, 0.717) is 29.4 Å². The van der Waals surface area contributed by atoms with Crippen molar-refractivity contribution < 1.29 is 28.2 Å². The number of hydrogen-bond donors (Lipinski definition) is 3. The molecule has 3 rings (SSSR count). The normalized spacial score (nSPS) is 10.5. The summed E-state index contributed by atoms with van der Waals surface area (Å²) in [7, 11) is 0. The van der Waals surface area contributed by atoms with E-state index >= 15 is 0 Å². The van der Waals surface area contributed by atoms with Crippen LogP contribution in [0.1, 0.15) is 12.5 Å². The molecule has 3 aromatic carbocycles. The molecule has 180 valence electrons. The number of hydrazone groups is 1. The van der Waals surface area contributed by atoms with Gasteiger partial charge in [0.2, 0.25) is 0 Å². The summed E-state index contributed by atoms with van der Waals surface area (Å²) in [6.07, 6.45) is 1.29. The van der Waals surface area contributed by atoms with E-state index in [2.05, 4.69) is 21.2 Å². The average Bonchev–Trinajstić information content (AvgIpc) is 2.86. The summed E-state index contributed by atoms with van der Waals surface area (Å²) in [6.45, 7) is 2.22. The van der Waals surface area contributed by atoms with Gasteiger partial charge in [-0.05, 0) is 61.0 Å². The lowest BCUT2D eigenvalue weighted by Gasteiger charge is -2.09. The Kier molecular flexibility index (Phi) is 8.89. The van der Waals surface area contributed by atoms with Gasteiger partial charge in [0, 0.05) is 5.69 Å². The first-order chi connectivity index (χ1) is 16.9. The summed E-state index contributed by atoms with van der Waals surface area (Å²) in [6, 6.07) is 19.0. The van der Waals surface area contributed by atoms with Gasteiger partial charge in [-0.15, -0.1) is 0 Å². The highest BCUT2D eigenvalue weighted by molar-refractivity contribution is 6.39. The second kappa shape index (κ2) is 12.5. The molecule has 0 aliphatic heterocycles. The van der Waals surface area contributed by atoms with Gasteiger partial charge in [0.15, 0.2) is 6.61 Å². The first-order valence-corrected chi connectivity index (χ1v) is 10.6. The van der Waals surface area contributed by atoms with Gasteiger partial charge in [0.25, 0.3) is 5.91 Å². The maximum Gasteiger partial charge on any atom is 0.329 e. The molecule has 0 aromatic heterocycles. The summed E-state index contributed by atoms with van der Waals surface area (Å²) >= 11 is 0. The number of para-hydroxylation sites is 1. The first kappa shape index (κ1) is 24.9. The molecule has 0 saturated heterocycles. The number of amides is 3. The monoisotopic (exact) mass is 478 g/mol. The van der Waals surface area contributed by atoms with Crippen molar-refractivity contribution in [3.8, 4) is 11.5 Å². The minimum atomic E-state index is -1.07. The number of benzene rings is 3. The fourth-order valence-corrected chi connectivity index (χ4v) is 2.79. The molecule has 3 aromatic rings. The van der Waals surface area contributed by atoms with Crippen molar-refractivity contribution in [2.75, 3.05) is 23.8 Å². The number of carbonyl (C=O) groups excluding carboxylic acids is 3. The third kappa shape index (κ3) is 7.97. The Labute approximate surface area is 200 Å². The van der Waals surface area contributed by atoms with Crippen LogP contribution in [-0.4, -0.2) is 37.1 Å². The third-order valence-corrected chi connectivity index (χ3v) is 4.39. The quantitative estimate of drug-likeness (QED) is 0.248. The lowest BCUT2D eigenvalue weighted by Crippen LogP contribution is -2.32. The number of hydrogen-bond acceptors (Lipinski definition) is 6. The van der Waals surface area contributed by atoms with Gasteiger partial charge >= 0.3 is 11.8 Å². The molecular weight excluding hydrogens is 455 g/mol. The van der Waals surface area contributed by atoms with E-state index in [1.807, 2.05) is 6.92 Å². The van der Waals surface area contributed by atoms with Crippen LogP contribution in [0.3, 0.4) is 0 Å². The maximum absolute atomic E-state index is 13.6. The van der Waals surface area contributed by atoms with Gasteiger partial charge in [-0.1, -0.05) is 24.3 Å². The van der Waals surface area contributed by atoms with E-state index in [1.165, 1.54) is 24.4 Å². The summed E-state index contributed by atoms with van der Waals surface area (Å²) < 4.78 is 24.4. The Balaban J connectivity index is 1.46. The van der Waals surface area contributed by atoms with Crippen LogP contribution in [0.5, 0.6) is 11.5 Å². The number of anilines is 2. The van der Waals surface area contributed by atoms with Crippen LogP contribution in [-0.2, 0) is 14.4 Å². The number of halogens is 1. The van der Waals surface area contributed by atoms with Gasteiger partial charge < -0.3 is 20.1 Å². The second-order valence-electron chi connectivity index (χ2n) is 7.00. The minimum Gasteiger partial charge on any atom is -0.494 e. The van der Waals surface area contributed by atoms with Crippen LogP contribution >= 0.6 is 0 Å². The van der Waals surface area contributed by atoms with Crippen molar-refractivity contribution >= 4 is 35.3 Å². The van der Waals surface area contributed by atoms with Gasteiger partial charge in [0.05, 0.1) is 18.5 Å². The predicted octanol–water partition coefficient (Wildman–Crippen LogP) is 3.33. The zero-order valence-corrected chi connectivity index (χ0v) is 18.8. The van der Waals surface area contributed by atoms with Crippen molar-refractivity contribution in [3.05, 3.63) is 84.2 Å². The molecule has 0 radical (unpaired) electrons.